The molecule has 4 aliphatic rings. The van der Waals surface area contributed by atoms with Crippen molar-refractivity contribution in [1.82, 2.24) is 9.62 Å². The Morgan fingerprint density at radius 3 is 2.35 bits per heavy atom. The Kier molecular flexibility index (Phi) is 8.78. The number of rotatable bonds is 7. The number of anilines is 1. The smallest absolute Gasteiger partial charge is 0.319 e. The van der Waals surface area contributed by atoms with Gasteiger partial charge in [-0.1, -0.05) is 19.8 Å². The van der Waals surface area contributed by atoms with E-state index in [0.29, 0.717) is 31.1 Å². The van der Waals surface area contributed by atoms with Crippen LogP contribution in [0.2, 0.25) is 0 Å². The van der Waals surface area contributed by atoms with Crippen molar-refractivity contribution in [3.05, 3.63) is 34.2 Å². The number of aliphatic imine (C=N–C) groups is 1. The summed E-state index contributed by atoms with van der Waals surface area (Å²) in [6.07, 6.45) is 6.34. The molecule has 3 fully saturated rings. The number of carbonyl (C=O) groups is 2. The summed E-state index contributed by atoms with van der Waals surface area (Å²) in [4.78, 5) is 31.7. The molecule has 0 bridgehead atoms. The number of piperidine rings is 1. The van der Waals surface area contributed by atoms with E-state index in [1.54, 1.807) is 6.08 Å². The average molecular weight is 616 g/mol. The molecule has 0 unspecified atom stereocenters. The maximum atomic E-state index is 13.3. The lowest BCUT2D eigenvalue weighted by atomic mass is 9.82. The minimum Gasteiger partial charge on any atom is -0.351 e. The molecule has 0 aromatic heterocycles. The van der Waals surface area contributed by atoms with E-state index in [1.165, 1.54) is 14.6 Å². The number of nitrogens with two attached hydrogens (primary N) is 1. The van der Waals surface area contributed by atoms with Gasteiger partial charge in [-0.15, -0.1) is 0 Å². The van der Waals surface area contributed by atoms with Gasteiger partial charge >= 0.3 is 6.03 Å². The number of carbonyl (C=O) groups excluding carboxylic acids is 2. The number of urea groups is 1. The van der Waals surface area contributed by atoms with E-state index in [9.17, 15) is 18.0 Å². The molecule has 5 rings (SSSR count). The summed E-state index contributed by atoms with van der Waals surface area (Å²) >= 11 is 0. The zero-order chi connectivity index (χ0) is 31.2. The first kappa shape index (κ1) is 31.6. The number of hydrogen-bond acceptors (Lipinski definition) is 7. The van der Waals surface area contributed by atoms with Crippen molar-refractivity contribution >= 4 is 39.6 Å². The molecule has 1 atom stereocenters. The normalized spacial score (nSPS) is 27.4. The minimum absolute atomic E-state index is 0.0965. The van der Waals surface area contributed by atoms with Crippen LogP contribution in [0.3, 0.4) is 0 Å². The predicted molar refractivity (Wildman–Crippen MR) is 166 cm³/mol. The van der Waals surface area contributed by atoms with Gasteiger partial charge in [-0.2, -0.15) is 4.31 Å². The Morgan fingerprint density at radius 2 is 1.79 bits per heavy atom. The predicted octanol–water partition coefficient (Wildman–Crippen LogP) is 3.83. The van der Waals surface area contributed by atoms with Crippen LogP contribution in [-0.2, 0) is 24.3 Å². The van der Waals surface area contributed by atoms with Gasteiger partial charge in [-0.05, 0) is 94.2 Å². The molecule has 3 aliphatic heterocycles. The van der Waals surface area contributed by atoms with E-state index < -0.39 is 27.4 Å². The maximum Gasteiger partial charge on any atom is 0.319 e. The van der Waals surface area contributed by atoms with Gasteiger partial charge in [0.2, 0.25) is 10.0 Å². The van der Waals surface area contributed by atoms with E-state index >= 15 is 0 Å². The third-order valence-corrected chi connectivity index (χ3v) is 10.9. The largest absolute Gasteiger partial charge is 0.351 e. The van der Waals surface area contributed by atoms with Gasteiger partial charge in [-0.3, -0.25) is 14.7 Å². The zero-order valence-electron chi connectivity index (χ0n) is 25.9. The van der Waals surface area contributed by atoms with Crippen LogP contribution in [0.15, 0.2) is 22.5 Å². The molecular formula is C31H45N5O6S. The number of ether oxygens (including phenoxy) is 2. The van der Waals surface area contributed by atoms with Gasteiger partial charge in [0, 0.05) is 30.1 Å². The zero-order valence-corrected chi connectivity index (χ0v) is 26.7. The summed E-state index contributed by atoms with van der Waals surface area (Å²) in [5, 5.41) is 4.26. The Hall–Kier alpha value is -2.80. The number of nitrogens with one attached hydrogen (secondary N) is 1. The van der Waals surface area contributed by atoms with Crippen molar-refractivity contribution in [2.45, 2.75) is 90.6 Å². The van der Waals surface area contributed by atoms with Crippen molar-refractivity contribution < 1.29 is 27.5 Å². The van der Waals surface area contributed by atoms with E-state index in [4.69, 9.17) is 20.2 Å². The second-order valence-corrected chi connectivity index (χ2v) is 14.9. The number of amidine groups is 1. The number of primary amides is 1. The van der Waals surface area contributed by atoms with Crippen molar-refractivity contribution in [1.29, 1.82) is 0 Å². The van der Waals surface area contributed by atoms with E-state index in [2.05, 4.69) is 12.2 Å². The summed E-state index contributed by atoms with van der Waals surface area (Å²) in [6.45, 7) is 10.7. The quantitative estimate of drug-likeness (QED) is 0.477. The molecule has 3 N–H and O–H groups in total. The molecule has 1 aromatic carbocycles. The molecule has 11 nitrogen and oxygen atoms in total. The van der Waals surface area contributed by atoms with Crippen LogP contribution in [0.5, 0.6) is 0 Å². The van der Waals surface area contributed by atoms with Crippen LogP contribution < -0.4 is 16.0 Å². The van der Waals surface area contributed by atoms with Crippen LogP contribution in [0.1, 0.15) is 76.0 Å². The maximum absolute atomic E-state index is 13.3. The molecule has 12 heteroatoms. The van der Waals surface area contributed by atoms with Gasteiger partial charge in [0.25, 0.3) is 5.91 Å². The van der Waals surface area contributed by atoms with Gasteiger partial charge in [0.1, 0.15) is 17.5 Å². The number of sulfonamides is 1. The summed E-state index contributed by atoms with van der Waals surface area (Å²) < 4.78 is 39.6. The lowest BCUT2D eigenvalue weighted by molar-refractivity contribution is -0.137. The Balaban J connectivity index is 1.25. The first-order valence-corrected chi connectivity index (χ1v) is 16.8. The van der Waals surface area contributed by atoms with Gasteiger partial charge < -0.3 is 20.5 Å². The number of aryl methyl sites for hydroxylation is 2. The molecule has 236 valence electrons. The molecule has 3 amide bonds. The lowest BCUT2D eigenvalue weighted by Crippen LogP contribution is -2.50. The summed E-state index contributed by atoms with van der Waals surface area (Å²) in [5.74, 6) is 0.975. The first-order valence-electron chi connectivity index (χ1n) is 15.3. The molecule has 1 spiro atoms. The lowest BCUT2D eigenvalue weighted by Gasteiger charge is -2.34. The Bertz CT molecular complexity index is 1400. The van der Waals surface area contributed by atoms with Crippen LogP contribution in [0.4, 0.5) is 10.5 Å². The van der Waals surface area contributed by atoms with Gasteiger partial charge in [-0.25, -0.2) is 13.2 Å². The molecular weight excluding hydrogens is 570 g/mol. The molecule has 3 heterocycles. The fraction of sp³-hybridized carbons (Fsp3) is 0.645. The topological polar surface area (TPSA) is 144 Å². The van der Waals surface area contributed by atoms with Crippen LogP contribution >= 0.6 is 0 Å². The standard InChI is InChI=1S/C31H45N5O6S/c1-20-6-8-23(9-7-20)27-33-28(37)31(34-27)11-13-35(14-12-31)43(39,40)15-10-26-21(2)16-24(17-22(26)3)36(29(32)38)18-25-19-41-30(4,5)42-25/h10,15-17,20,23,25H,6-9,11-14,18-19H2,1-5H3,(H2,32,38)(H,33,34,37)/b15-10+/t20?,23?,25-/m0/s1. The van der Waals surface area contributed by atoms with Crippen LogP contribution in [0, 0.1) is 25.7 Å². The summed E-state index contributed by atoms with van der Waals surface area (Å²) in [7, 11) is -3.73. The highest BCUT2D eigenvalue weighted by Crippen LogP contribution is 2.36. The second-order valence-electron chi connectivity index (χ2n) is 13.1. The third-order valence-electron chi connectivity index (χ3n) is 9.33. The van der Waals surface area contributed by atoms with Gasteiger partial charge in [0.05, 0.1) is 13.2 Å². The molecule has 43 heavy (non-hydrogen) atoms. The summed E-state index contributed by atoms with van der Waals surface area (Å²) in [5.41, 5.74) is 7.80. The number of benzene rings is 1. The number of amides is 3. The summed E-state index contributed by atoms with van der Waals surface area (Å²) in [6, 6.07) is 3.02. The highest BCUT2D eigenvalue weighted by atomic mass is 32.2. The number of hydrogen-bond donors (Lipinski definition) is 2. The van der Waals surface area contributed by atoms with Crippen LogP contribution in [0.25, 0.3) is 6.08 Å². The SMILES string of the molecule is Cc1cc(N(C[C@H]2COC(C)(C)O2)C(N)=O)cc(C)c1/C=C/S(=O)(=O)N1CCC2(CC1)N=C(C1CCC(C)CC1)NC2=O. The van der Waals surface area contributed by atoms with Crippen molar-refractivity contribution in [3.63, 3.8) is 0 Å². The van der Waals surface area contributed by atoms with Gasteiger partial charge in [0.15, 0.2) is 5.79 Å². The Morgan fingerprint density at radius 1 is 1.16 bits per heavy atom. The fourth-order valence-electron chi connectivity index (χ4n) is 6.71. The van der Waals surface area contributed by atoms with Crippen LogP contribution in [-0.4, -0.2) is 74.2 Å². The molecule has 2 saturated heterocycles. The first-order chi connectivity index (χ1) is 20.2. The number of nitrogens with zero attached hydrogens (tertiary/aromatic N) is 3. The molecule has 1 aliphatic carbocycles. The van der Waals surface area contributed by atoms with E-state index in [0.717, 1.165) is 48.2 Å². The van der Waals surface area contributed by atoms with E-state index in [1.807, 2.05) is 39.8 Å². The van der Waals surface area contributed by atoms with Crippen molar-refractivity contribution in [3.8, 4) is 0 Å². The molecule has 0 radical (unpaired) electrons. The Labute approximate surface area is 254 Å². The highest BCUT2D eigenvalue weighted by molar-refractivity contribution is 7.92. The van der Waals surface area contributed by atoms with E-state index in [-0.39, 0.29) is 37.6 Å². The van der Waals surface area contributed by atoms with Crippen molar-refractivity contribution in [2.24, 2.45) is 22.6 Å². The minimum atomic E-state index is -3.73. The van der Waals surface area contributed by atoms with Crippen molar-refractivity contribution in [2.75, 3.05) is 31.1 Å². The third kappa shape index (κ3) is 6.82. The second kappa shape index (κ2) is 11.9. The molecule has 1 saturated carbocycles. The highest BCUT2D eigenvalue weighted by Gasteiger charge is 2.48. The fourth-order valence-corrected chi connectivity index (χ4v) is 7.88. The monoisotopic (exact) mass is 615 g/mol. The average Bonchev–Trinajstić information content (AvgIpc) is 3.44. The molecule has 1 aromatic rings.